The van der Waals surface area contributed by atoms with E-state index in [0.29, 0.717) is 21.7 Å². The number of rotatable bonds is 0. The Morgan fingerprint density at radius 3 is 1.73 bits per heavy atom. The molecule has 2 rings (SSSR count). The molecule has 2 fully saturated rings. The SMILES string of the molecule is CC(C)(C)C1(C)C[C@H]2CC[C@@]1(C)C2(C)C. The Kier molecular flexibility index (Phi) is 2.01. The molecule has 88 valence electrons. The summed E-state index contributed by atoms with van der Waals surface area (Å²) in [7, 11) is 0. The minimum atomic E-state index is 0.439. The van der Waals surface area contributed by atoms with Crippen molar-refractivity contribution in [3.63, 3.8) is 0 Å². The van der Waals surface area contributed by atoms with Crippen molar-refractivity contribution in [3.8, 4) is 0 Å². The Morgan fingerprint density at radius 2 is 1.53 bits per heavy atom. The molecule has 0 radical (unpaired) electrons. The van der Waals surface area contributed by atoms with Gasteiger partial charge in [-0.25, -0.2) is 0 Å². The second kappa shape index (κ2) is 2.63. The summed E-state index contributed by atoms with van der Waals surface area (Å²) in [5.41, 5.74) is 2.05. The van der Waals surface area contributed by atoms with Crippen molar-refractivity contribution >= 4 is 0 Å². The number of hydrogen-bond donors (Lipinski definition) is 0. The Morgan fingerprint density at radius 1 is 1.00 bits per heavy atom. The van der Waals surface area contributed by atoms with Gasteiger partial charge in [0.25, 0.3) is 0 Å². The fourth-order valence-electron chi connectivity index (χ4n) is 4.79. The third kappa shape index (κ3) is 1.04. The van der Waals surface area contributed by atoms with Gasteiger partial charge in [-0.15, -0.1) is 0 Å². The quantitative estimate of drug-likeness (QED) is 0.532. The molecule has 2 aliphatic carbocycles. The lowest BCUT2D eigenvalue weighted by atomic mass is 9.50. The zero-order valence-corrected chi connectivity index (χ0v) is 11.7. The molecule has 0 saturated heterocycles. The summed E-state index contributed by atoms with van der Waals surface area (Å²) in [6.07, 6.45) is 4.35. The second-order valence-corrected chi connectivity index (χ2v) is 8.08. The highest BCUT2D eigenvalue weighted by molar-refractivity contribution is 5.17. The Balaban J connectivity index is 2.50. The lowest BCUT2D eigenvalue weighted by molar-refractivity contribution is -0.0553. The molecule has 15 heavy (non-hydrogen) atoms. The van der Waals surface area contributed by atoms with Crippen LogP contribution in [0.15, 0.2) is 0 Å². The summed E-state index contributed by atoms with van der Waals surface area (Å²) >= 11 is 0. The Labute approximate surface area is 95.8 Å². The highest BCUT2D eigenvalue weighted by Gasteiger charge is 2.69. The maximum absolute atomic E-state index is 2.56. The molecule has 0 aromatic heterocycles. The van der Waals surface area contributed by atoms with Gasteiger partial charge < -0.3 is 0 Å². The molecule has 2 saturated carbocycles. The number of hydrogen-bond acceptors (Lipinski definition) is 0. The maximum Gasteiger partial charge on any atom is -0.0213 e. The van der Waals surface area contributed by atoms with Crippen LogP contribution in [0.3, 0.4) is 0 Å². The first kappa shape index (κ1) is 11.5. The van der Waals surface area contributed by atoms with E-state index in [1.807, 2.05) is 0 Å². The van der Waals surface area contributed by atoms with E-state index in [2.05, 4.69) is 48.5 Å². The predicted molar refractivity (Wildman–Crippen MR) is 66.8 cm³/mol. The molecule has 0 aromatic rings. The summed E-state index contributed by atoms with van der Waals surface area (Å²) in [4.78, 5) is 0. The lowest BCUT2D eigenvalue weighted by Crippen LogP contribution is -2.47. The van der Waals surface area contributed by atoms with Crippen LogP contribution in [0.5, 0.6) is 0 Å². The first-order valence-electron chi connectivity index (χ1n) is 6.56. The van der Waals surface area contributed by atoms with E-state index in [0.717, 1.165) is 5.92 Å². The van der Waals surface area contributed by atoms with Crippen LogP contribution in [-0.2, 0) is 0 Å². The molecule has 2 bridgehead atoms. The van der Waals surface area contributed by atoms with Crippen molar-refractivity contribution in [2.75, 3.05) is 0 Å². The molecule has 0 spiro atoms. The third-order valence-corrected chi connectivity index (χ3v) is 6.96. The molecule has 0 nitrogen and oxygen atoms in total. The van der Waals surface area contributed by atoms with Gasteiger partial charge in [0.1, 0.15) is 0 Å². The topological polar surface area (TPSA) is 0 Å². The zero-order chi connectivity index (χ0) is 11.7. The fraction of sp³-hybridized carbons (Fsp3) is 1.00. The normalized spacial score (nSPS) is 48.6. The highest BCUT2D eigenvalue weighted by atomic mass is 14.7. The van der Waals surface area contributed by atoms with Crippen LogP contribution in [0.4, 0.5) is 0 Å². The van der Waals surface area contributed by atoms with E-state index in [-0.39, 0.29) is 0 Å². The van der Waals surface area contributed by atoms with Crippen molar-refractivity contribution in [2.45, 2.75) is 67.7 Å². The van der Waals surface area contributed by atoms with Crippen LogP contribution in [0, 0.1) is 27.6 Å². The average molecular weight is 208 g/mol. The summed E-state index contributed by atoms with van der Waals surface area (Å²) in [5, 5.41) is 0. The molecule has 0 heterocycles. The lowest BCUT2D eigenvalue weighted by Gasteiger charge is -2.54. The first-order chi connectivity index (χ1) is 6.56. The van der Waals surface area contributed by atoms with Gasteiger partial charge >= 0.3 is 0 Å². The first-order valence-corrected chi connectivity index (χ1v) is 6.56. The molecule has 3 atom stereocenters. The zero-order valence-electron chi connectivity index (χ0n) is 11.7. The molecule has 1 unspecified atom stereocenters. The van der Waals surface area contributed by atoms with E-state index in [4.69, 9.17) is 0 Å². The summed E-state index contributed by atoms with van der Waals surface area (Å²) < 4.78 is 0. The Hall–Kier alpha value is 0. The molecular weight excluding hydrogens is 180 g/mol. The molecule has 0 N–H and O–H groups in total. The molecule has 0 heteroatoms. The van der Waals surface area contributed by atoms with Crippen LogP contribution in [0.25, 0.3) is 0 Å². The largest absolute Gasteiger partial charge is 0.0596 e. The van der Waals surface area contributed by atoms with Crippen LogP contribution >= 0.6 is 0 Å². The molecule has 2 aliphatic rings. The average Bonchev–Trinajstić information content (AvgIpc) is 2.34. The van der Waals surface area contributed by atoms with Gasteiger partial charge in [0, 0.05) is 0 Å². The van der Waals surface area contributed by atoms with Gasteiger partial charge in [0.15, 0.2) is 0 Å². The van der Waals surface area contributed by atoms with E-state index < -0.39 is 0 Å². The van der Waals surface area contributed by atoms with Gasteiger partial charge in [-0.3, -0.25) is 0 Å². The standard InChI is InChI=1S/C15H28/c1-12(2,3)15(7)10-11-8-9-14(15,6)13(11,4)5/h11H,8-10H2,1-7H3/t11-,14+,15?/m1/s1. The maximum atomic E-state index is 2.56. The monoisotopic (exact) mass is 208 g/mol. The van der Waals surface area contributed by atoms with Gasteiger partial charge in [-0.2, -0.15) is 0 Å². The van der Waals surface area contributed by atoms with Crippen LogP contribution in [0.2, 0.25) is 0 Å². The smallest absolute Gasteiger partial charge is 0.0213 e. The minimum absolute atomic E-state index is 0.439. The van der Waals surface area contributed by atoms with E-state index in [1.165, 1.54) is 19.3 Å². The molecule has 0 aromatic carbocycles. The second-order valence-electron chi connectivity index (χ2n) is 8.08. The van der Waals surface area contributed by atoms with Crippen LogP contribution < -0.4 is 0 Å². The van der Waals surface area contributed by atoms with Crippen molar-refractivity contribution in [1.82, 2.24) is 0 Å². The summed E-state index contributed by atoms with van der Waals surface area (Å²) in [6, 6.07) is 0. The van der Waals surface area contributed by atoms with E-state index in [1.54, 1.807) is 0 Å². The third-order valence-electron chi connectivity index (χ3n) is 6.96. The van der Waals surface area contributed by atoms with Gasteiger partial charge in [0.2, 0.25) is 0 Å². The van der Waals surface area contributed by atoms with Crippen molar-refractivity contribution in [1.29, 1.82) is 0 Å². The summed E-state index contributed by atoms with van der Waals surface area (Å²) in [5.74, 6) is 0.965. The van der Waals surface area contributed by atoms with Crippen molar-refractivity contribution in [2.24, 2.45) is 27.6 Å². The van der Waals surface area contributed by atoms with E-state index in [9.17, 15) is 0 Å². The number of fused-ring (bicyclic) bond motifs is 2. The van der Waals surface area contributed by atoms with Crippen LogP contribution in [0.1, 0.15) is 67.7 Å². The fourth-order valence-corrected chi connectivity index (χ4v) is 4.79. The summed E-state index contributed by atoms with van der Waals surface area (Å²) in [6.45, 7) is 17.5. The van der Waals surface area contributed by atoms with Gasteiger partial charge in [0.05, 0.1) is 0 Å². The molecule has 0 aliphatic heterocycles. The molecule has 0 amide bonds. The van der Waals surface area contributed by atoms with Crippen molar-refractivity contribution in [3.05, 3.63) is 0 Å². The van der Waals surface area contributed by atoms with Crippen LogP contribution in [-0.4, -0.2) is 0 Å². The van der Waals surface area contributed by atoms with Gasteiger partial charge in [-0.05, 0) is 46.8 Å². The highest BCUT2D eigenvalue weighted by Crippen LogP contribution is 2.76. The van der Waals surface area contributed by atoms with Gasteiger partial charge in [-0.1, -0.05) is 48.5 Å². The predicted octanol–water partition coefficient (Wildman–Crippen LogP) is 4.89. The molecular formula is C15H28. The Bertz CT molecular complexity index is 279. The van der Waals surface area contributed by atoms with Crippen molar-refractivity contribution < 1.29 is 0 Å². The minimum Gasteiger partial charge on any atom is -0.0596 e. The van der Waals surface area contributed by atoms with E-state index >= 15 is 0 Å².